The van der Waals surface area contributed by atoms with E-state index in [0.29, 0.717) is 19.3 Å². The van der Waals surface area contributed by atoms with Gasteiger partial charge in [-0.1, -0.05) is 207 Å². The molecule has 1 atom stereocenters. The summed E-state index contributed by atoms with van der Waals surface area (Å²) in [7, 11) is 0. The van der Waals surface area contributed by atoms with Crippen LogP contribution in [0.2, 0.25) is 0 Å². The quantitative estimate of drug-likeness (QED) is 0.0264. The van der Waals surface area contributed by atoms with Crippen LogP contribution in [-0.4, -0.2) is 37.2 Å². The van der Waals surface area contributed by atoms with Crippen LogP contribution in [0.4, 0.5) is 0 Å². The van der Waals surface area contributed by atoms with Crippen molar-refractivity contribution in [3.8, 4) is 0 Å². The molecule has 0 N–H and O–H groups in total. The molecule has 0 radical (unpaired) electrons. The van der Waals surface area contributed by atoms with Gasteiger partial charge in [-0.3, -0.25) is 14.4 Å². The summed E-state index contributed by atoms with van der Waals surface area (Å²) in [6.45, 7) is 6.33. The minimum Gasteiger partial charge on any atom is -0.462 e. The molecule has 61 heavy (non-hydrogen) atoms. The van der Waals surface area contributed by atoms with E-state index in [0.717, 1.165) is 83.5 Å². The van der Waals surface area contributed by atoms with E-state index in [1.165, 1.54) is 70.6 Å². The lowest BCUT2D eigenvalue weighted by atomic mass is 10.1. The van der Waals surface area contributed by atoms with E-state index in [9.17, 15) is 14.4 Å². The number of ether oxygens (including phenoxy) is 3. The minimum absolute atomic E-state index is 0.114. The Bertz CT molecular complexity index is 1290. The van der Waals surface area contributed by atoms with Gasteiger partial charge in [-0.25, -0.2) is 0 Å². The summed E-state index contributed by atoms with van der Waals surface area (Å²) in [5, 5.41) is 0. The van der Waals surface area contributed by atoms with E-state index in [-0.39, 0.29) is 37.5 Å². The fourth-order valence-corrected chi connectivity index (χ4v) is 6.22. The molecule has 0 aromatic rings. The second-order valence-electron chi connectivity index (χ2n) is 15.8. The first-order chi connectivity index (χ1) is 30.0. The van der Waals surface area contributed by atoms with Gasteiger partial charge in [-0.2, -0.15) is 0 Å². The fraction of sp³-hybridized carbons (Fsp3) is 0.618. The Morgan fingerprint density at radius 1 is 0.344 bits per heavy atom. The minimum atomic E-state index is -0.819. The Balaban J connectivity index is 4.55. The Labute approximate surface area is 374 Å². The normalized spacial score (nSPS) is 13.0. The molecular formula is C55H88O6. The summed E-state index contributed by atoms with van der Waals surface area (Å²) >= 11 is 0. The fourth-order valence-electron chi connectivity index (χ4n) is 6.22. The molecule has 0 saturated carbocycles. The van der Waals surface area contributed by atoms with Crippen LogP contribution in [0.25, 0.3) is 0 Å². The van der Waals surface area contributed by atoms with Crippen molar-refractivity contribution in [1.29, 1.82) is 0 Å². The van der Waals surface area contributed by atoms with Crippen LogP contribution in [-0.2, 0) is 28.6 Å². The van der Waals surface area contributed by atoms with Crippen LogP contribution >= 0.6 is 0 Å². The number of hydrogen-bond acceptors (Lipinski definition) is 6. The van der Waals surface area contributed by atoms with Gasteiger partial charge >= 0.3 is 17.9 Å². The molecule has 0 aromatic carbocycles. The molecule has 1 unspecified atom stereocenters. The molecule has 0 heterocycles. The average Bonchev–Trinajstić information content (AvgIpc) is 3.26. The maximum absolute atomic E-state index is 12.8. The van der Waals surface area contributed by atoms with Gasteiger partial charge in [0.2, 0.25) is 0 Å². The Morgan fingerprint density at radius 2 is 0.656 bits per heavy atom. The molecule has 6 nitrogen and oxygen atoms in total. The van der Waals surface area contributed by atoms with E-state index >= 15 is 0 Å². The number of unbranched alkanes of at least 4 members (excludes halogenated alkanes) is 19. The lowest BCUT2D eigenvalue weighted by Crippen LogP contribution is -2.30. The van der Waals surface area contributed by atoms with Gasteiger partial charge in [0.15, 0.2) is 6.10 Å². The van der Waals surface area contributed by atoms with Crippen molar-refractivity contribution in [1.82, 2.24) is 0 Å². The molecule has 0 aliphatic rings. The van der Waals surface area contributed by atoms with Crippen molar-refractivity contribution in [3.05, 3.63) is 109 Å². The summed E-state index contributed by atoms with van der Waals surface area (Å²) in [6, 6.07) is 0. The summed E-state index contributed by atoms with van der Waals surface area (Å²) in [5.74, 6) is -1.02. The molecule has 0 aromatic heterocycles. The van der Waals surface area contributed by atoms with Crippen LogP contribution in [0.3, 0.4) is 0 Å². The molecule has 0 fully saturated rings. The topological polar surface area (TPSA) is 78.9 Å². The maximum Gasteiger partial charge on any atom is 0.306 e. The van der Waals surface area contributed by atoms with Crippen molar-refractivity contribution >= 4 is 17.9 Å². The zero-order chi connectivity index (χ0) is 44.4. The highest BCUT2D eigenvalue weighted by molar-refractivity contribution is 5.71. The average molecular weight is 845 g/mol. The van der Waals surface area contributed by atoms with E-state index in [1.54, 1.807) is 0 Å². The monoisotopic (exact) mass is 845 g/mol. The zero-order valence-electron chi connectivity index (χ0n) is 39.1. The molecule has 0 saturated heterocycles. The number of hydrogen-bond donors (Lipinski definition) is 0. The first kappa shape index (κ1) is 57.1. The van der Waals surface area contributed by atoms with E-state index < -0.39 is 6.10 Å². The maximum atomic E-state index is 12.8. The summed E-state index contributed by atoms with van der Waals surface area (Å²) in [6.07, 6.45) is 65.0. The molecule has 0 spiro atoms. The van der Waals surface area contributed by atoms with E-state index in [2.05, 4.69) is 75.5 Å². The van der Waals surface area contributed by atoms with Crippen molar-refractivity contribution in [2.45, 2.75) is 207 Å². The van der Waals surface area contributed by atoms with Gasteiger partial charge in [-0.05, 0) is 83.5 Å². The lowest BCUT2D eigenvalue weighted by molar-refractivity contribution is -0.167. The highest BCUT2D eigenvalue weighted by atomic mass is 16.6. The number of allylic oxidation sites excluding steroid dienone is 18. The molecule has 0 rings (SSSR count). The lowest BCUT2D eigenvalue weighted by Gasteiger charge is -2.18. The molecular weight excluding hydrogens is 757 g/mol. The first-order valence-corrected chi connectivity index (χ1v) is 24.5. The smallest absolute Gasteiger partial charge is 0.306 e. The van der Waals surface area contributed by atoms with E-state index in [4.69, 9.17) is 14.2 Å². The van der Waals surface area contributed by atoms with Crippen LogP contribution in [0, 0.1) is 0 Å². The van der Waals surface area contributed by atoms with Crippen molar-refractivity contribution < 1.29 is 28.6 Å². The molecule has 6 heteroatoms. The molecule has 0 aliphatic heterocycles. The number of esters is 3. The van der Waals surface area contributed by atoms with E-state index in [1.807, 2.05) is 54.7 Å². The van der Waals surface area contributed by atoms with Gasteiger partial charge in [0.25, 0.3) is 0 Å². The Kier molecular flexibility index (Phi) is 45.6. The largest absolute Gasteiger partial charge is 0.462 e. The van der Waals surface area contributed by atoms with Gasteiger partial charge in [0, 0.05) is 19.3 Å². The van der Waals surface area contributed by atoms with Crippen LogP contribution in [0.1, 0.15) is 201 Å². The third-order valence-corrected chi connectivity index (χ3v) is 9.91. The number of carbonyl (C=O) groups excluding carboxylic acids is 3. The SMILES string of the molecule is CC/C=C/C=C/C=C/C=C/C=C/CCCC(=O)OCC(COC(=O)CCCCCCCC/C=C/C=C/CCCCC)OC(=O)CCCCCCCC/C=C/C=C/CCCCC. The standard InChI is InChI=1S/C55H88O6/c1-4-7-10-13-16-19-22-25-27-30-33-36-39-42-45-48-54(57)60-51-52(50-59-53(56)47-44-41-38-35-32-29-24-21-18-15-12-9-6-3)61-55(58)49-46-43-40-37-34-31-28-26-23-20-17-14-11-8-5-2/h9,12,15-26,29,32,35,38,52H,4-8,10-11,13-14,27-28,30-31,33-34,36-37,39-51H2,1-3H3/b12-9+,18-15+,19-16+,20-17+,24-21+,25-22+,26-23+,32-29+,38-35+. The number of rotatable bonds is 42. The summed E-state index contributed by atoms with van der Waals surface area (Å²) in [5.41, 5.74) is 0. The van der Waals surface area contributed by atoms with Gasteiger partial charge in [0.1, 0.15) is 13.2 Å². The Morgan fingerprint density at radius 3 is 1.08 bits per heavy atom. The first-order valence-electron chi connectivity index (χ1n) is 24.5. The molecule has 0 bridgehead atoms. The summed E-state index contributed by atoms with van der Waals surface area (Å²) < 4.78 is 16.7. The second kappa shape index (κ2) is 48.7. The van der Waals surface area contributed by atoms with Crippen LogP contribution in [0.5, 0.6) is 0 Å². The summed E-state index contributed by atoms with van der Waals surface area (Å²) in [4.78, 5) is 37.9. The van der Waals surface area contributed by atoms with Gasteiger partial charge < -0.3 is 14.2 Å². The van der Waals surface area contributed by atoms with Crippen molar-refractivity contribution in [2.24, 2.45) is 0 Å². The Hall–Kier alpha value is -3.93. The third-order valence-electron chi connectivity index (χ3n) is 9.91. The molecule has 0 amide bonds. The van der Waals surface area contributed by atoms with Crippen LogP contribution in [0.15, 0.2) is 109 Å². The zero-order valence-corrected chi connectivity index (χ0v) is 39.1. The predicted molar refractivity (Wildman–Crippen MR) is 260 cm³/mol. The van der Waals surface area contributed by atoms with Gasteiger partial charge in [-0.15, -0.1) is 0 Å². The number of carbonyl (C=O) groups is 3. The molecule has 0 aliphatic carbocycles. The predicted octanol–water partition coefficient (Wildman–Crippen LogP) is 16.0. The second-order valence-corrected chi connectivity index (χ2v) is 15.8. The highest BCUT2D eigenvalue weighted by Gasteiger charge is 2.19. The third kappa shape index (κ3) is 47.0. The van der Waals surface area contributed by atoms with Gasteiger partial charge in [0.05, 0.1) is 0 Å². The highest BCUT2D eigenvalue weighted by Crippen LogP contribution is 2.13. The van der Waals surface area contributed by atoms with Crippen molar-refractivity contribution in [2.75, 3.05) is 13.2 Å². The van der Waals surface area contributed by atoms with Crippen molar-refractivity contribution in [3.63, 3.8) is 0 Å². The molecule has 344 valence electrons. The van der Waals surface area contributed by atoms with Crippen LogP contribution < -0.4 is 0 Å².